The summed E-state index contributed by atoms with van der Waals surface area (Å²) >= 11 is 5.78. The maximum atomic E-state index is 13.6. The summed E-state index contributed by atoms with van der Waals surface area (Å²) < 4.78 is 26.5. The minimum Gasteiger partial charge on any atom is -0.294 e. The van der Waals surface area contributed by atoms with Gasteiger partial charge < -0.3 is 0 Å². The highest BCUT2D eigenvalue weighted by Crippen LogP contribution is 2.18. The van der Waals surface area contributed by atoms with Gasteiger partial charge >= 0.3 is 0 Å². The molecule has 1 atom stereocenters. The molecule has 5 heteroatoms. The van der Waals surface area contributed by atoms with Crippen LogP contribution in [0.4, 0.5) is 8.78 Å². The Hall–Kier alpha value is -1.96. The molecule has 0 radical (unpaired) electrons. The van der Waals surface area contributed by atoms with Crippen molar-refractivity contribution in [3.63, 3.8) is 0 Å². The molecule has 1 unspecified atom stereocenters. The van der Waals surface area contributed by atoms with E-state index in [9.17, 15) is 8.78 Å². The first-order chi connectivity index (χ1) is 9.60. The molecule has 0 aliphatic carbocycles. The molecule has 2 nitrogen and oxygen atoms in total. The molecule has 0 heterocycles. The lowest BCUT2D eigenvalue weighted by atomic mass is 10.1. The maximum Gasteiger partial charge on any atom is 0.131 e. The van der Waals surface area contributed by atoms with Crippen molar-refractivity contribution >= 4 is 11.6 Å². The molecule has 0 amide bonds. The van der Waals surface area contributed by atoms with Gasteiger partial charge in [-0.1, -0.05) is 29.8 Å². The zero-order valence-corrected chi connectivity index (χ0v) is 11.2. The molecule has 0 saturated carbocycles. The SMILES string of the molecule is N#CC(NCc1ccc(Cl)cc1)c1ccc(F)cc1F. The Kier molecular flexibility index (Phi) is 4.67. The van der Waals surface area contributed by atoms with Gasteiger partial charge in [-0.3, -0.25) is 5.32 Å². The van der Waals surface area contributed by atoms with Crippen LogP contribution in [0.5, 0.6) is 0 Å². The summed E-state index contributed by atoms with van der Waals surface area (Å²) in [6.07, 6.45) is 0. The Morgan fingerprint density at radius 1 is 1.15 bits per heavy atom. The van der Waals surface area contributed by atoms with Gasteiger partial charge in [-0.25, -0.2) is 8.78 Å². The highest BCUT2D eigenvalue weighted by atomic mass is 35.5. The van der Waals surface area contributed by atoms with E-state index in [1.807, 2.05) is 18.2 Å². The molecule has 2 aromatic rings. The summed E-state index contributed by atoms with van der Waals surface area (Å²) in [6, 6.07) is 11.4. The highest BCUT2D eigenvalue weighted by Gasteiger charge is 2.15. The monoisotopic (exact) mass is 292 g/mol. The Balaban J connectivity index is 2.09. The van der Waals surface area contributed by atoms with Gasteiger partial charge in [0.2, 0.25) is 0 Å². The van der Waals surface area contributed by atoms with E-state index >= 15 is 0 Å². The van der Waals surface area contributed by atoms with E-state index in [0.29, 0.717) is 11.6 Å². The first kappa shape index (κ1) is 14.4. The standard InChI is InChI=1S/C15H11ClF2N2/c16-11-3-1-10(2-4-11)9-20-15(8-19)13-6-5-12(17)7-14(13)18/h1-7,15,20H,9H2. The van der Waals surface area contributed by atoms with Crippen LogP contribution in [0, 0.1) is 23.0 Å². The second kappa shape index (κ2) is 6.47. The number of nitrogens with zero attached hydrogens (tertiary/aromatic N) is 1. The van der Waals surface area contributed by atoms with Crippen molar-refractivity contribution < 1.29 is 8.78 Å². The second-order valence-electron chi connectivity index (χ2n) is 4.24. The normalized spacial score (nSPS) is 11.9. The number of nitriles is 1. The molecule has 0 saturated heterocycles. The van der Waals surface area contributed by atoms with Crippen LogP contribution in [0.2, 0.25) is 5.02 Å². The van der Waals surface area contributed by atoms with Crippen LogP contribution < -0.4 is 5.32 Å². The van der Waals surface area contributed by atoms with E-state index < -0.39 is 17.7 Å². The first-order valence-corrected chi connectivity index (χ1v) is 6.30. The van der Waals surface area contributed by atoms with Gasteiger partial charge in [-0.05, 0) is 23.8 Å². The third kappa shape index (κ3) is 3.53. The highest BCUT2D eigenvalue weighted by molar-refractivity contribution is 6.30. The Bertz CT molecular complexity index is 635. The van der Waals surface area contributed by atoms with Gasteiger partial charge in [0.15, 0.2) is 0 Å². The first-order valence-electron chi connectivity index (χ1n) is 5.92. The van der Waals surface area contributed by atoms with Crippen LogP contribution in [0.1, 0.15) is 17.2 Å². The quantitative estimate of drug-likeness (QED) is 0.925. The molecule has 2 aromatic carbocycles. The van der Waals surface area contributed by atoms with Gasteiger partial charge in [0.1, 0.15) is 17.7 Å². The Morgan fingerprint density at radius 3 is 2.45 bits per heavy atom. The van der Waals surface area contributed by atoms with Gasteiger partial charge in [0.05, 0.1) is 6.07 Å². The number of benzene rings is 2. The Labute approximate surface area is 120 Å². The lowest BCUT2D eigenvalue weighted by Crippen LogP contribution is -2.20. The summed E-state index contributed by atoms with van der Waals surface area (Å²) in [5.74, 6) is -1.40. The summed E-state index contributed by atoms with van der Waals surface area (Å²) in [5.41, 5.74) is 1.04. The van der Waals surface area contributed by atoms with Crippen LogP contribution in [-0.2, 0) is 6.54 Å². The lowest BCUT2D eigenvalue weighted by molar-refractivity contribution is 0.543. The van der Waals surface area contributed by atoms with E-state index in [1.165, 1.54) is 6.07 Å². The largest absolute Gasteiger partial charge is 0.294 e. The predicted molar refractivity (Wildman–Crippen MR) is 73.0 cm³/mol. The zero-order valence-electron chi connectivity index (χ0n) is 10.4. The van der Waals surface area contributed by atoms with Crippen LogP contribution in [0.15, 0.2) is 42.5 Å². The van der Waals surface area contributed by atoms with Crippen molar-refractivity contribution in [1.82, 2.24) is 5.32 Å². The third-order valence-corrected chi connectivity index (χ3v) is 3.08. The van der Waals surface area contributed by atoms with Gasteiger partial charge in [0, 0.05) is 23.2 Å². The number of hydrogen-bond donors (Lipinski definition) is 1. The lowest BCUT2D eigenvalue weighted by Gasteiger charge is -2.13. The van der Waals surface area contributed by atoms with Crippen LogP contribution in [0.25, 0.3) is 0 Å². The fraction of sp³-hybridized carbons (Fsp3) is 0.133. The number of nitrogens with one attached hydrogen (secondary N) is 1. The van der Waals surface area contributed by atoms with Crippen LogP contribution in [0.3, 0.4) is 0 Å². The smallest absolute Gasteiger partial charge is 0.131 e. The minimum absolute atomic E-state index is 0.128. The average molecular weight is 293 g/mol. The topological polar surface area (TPSA) is 35.8 Å². The molecule has 0 fully saturated rings. The number of rotatable bonds is 4. The molecule has 0 aliphatic heterocycles. The summed E-state index contributed by atoms with van der Waals surface area (Å²) in [7, 11) is 0. The minimum atomic E-state index is -0.841. The van der Waals surface area contributed by atoms with Crippen molar-refractivity contribution in [2.45, 2.75) is 12.6 Å². The number of halogens is 3. The summed E-state index contributed by atoms with van der Waals surface area (Å²) in [6.45, 7) is 0.381. The molecule has 20 heavy (non-hydrogen) atoms. The van der Waals surface area contributed by atoms with E-state index in [2.05, 4.69) is 5.32 Å². The van der Waals surface area contributed by atoms with Crippen molar-refractivity contribution in [1.29, 1.82) is 5.26 Å². The van der Waals surface area contributed by atoms with Crippen LogP contribution >= 0.6 is 11.6 Å². The van der Waals surface area contributed by atoms with Gasteiger partial charge in [-0.2, -0.15) is 5.26 Å². The average Bonchev–Trinajstić information content (AvgIpc) is 2.43. The molecule has 102 valence electrons. The molecule has 2 rings (SSSR count). The zero-order chi connectivity index (χ0) is 14.5. The van der Waals surface area contributed by atoms with E-state index in [1.54, 1.807) is 12.1 Å². The molecule has 0 bridgehead atoms. The molecule has 1 N–H and O–H groups in total. The van der Waals surface area contributed by atoms with Crippen molar-refractivity contribution in [2.24, 2.45) is 0 Å². The predicted octanol–water partition coefficient (Wildman–Crippen LogP) is 3.97. The fourth-order valence-corrected chi connectivity index (χ4v) is 1.91. The summed E-state index contributed by atoms with van der Waals surface area (Å²) in [4.78, 5) is 0. The molecule has 0 aromatic heterocycles. The van der Waals surface area contributed by atoms with Crippen LogP contribution in [-0.4, -0.2) is 0 Å². The molecular weight excluding hydrogens is 282 g/mol. The van der Waals surface area contributed by atoms with Gasteiger partial charge in [0.25, 0.3) is 0 Å². The van der Waals surface area contributed by atoms with Crippen molar-refractivity contribution in [3.8, 4) is 6.07 Å². The third-order valence-electron chi connectivity index (χ3n) is 2.83. The number of hydrogen-bond acceptors (Lipinski definition) is 2. The van der Waals surface area contributed by atoms with Gasteiger partial charge in [-0.15, -0.1) is 0 Å². The van der Waals surface area contributed by atoms with E-state index in [0.717, 1.165) is 17.7 Å². The van der Waals surface area contributed by atoms with Crippen molar-refractivity contribution in [3.05, 3.63) is 70.2 Å². The Morgan fingerprint density at radius 2 is 1.85 bits per heavy atom. The molecular formula is C15H11ClF2N2. The van der Waals surface area contributed by atoms with E-state index in [-0.39, 0.29) is 5.56 Å². The maximum absolute atomic E-state index is 13.6. The molecule has 0 aliphatic rings. The summed E-state index contributed by atoms with van der Waals surface area (Å²) in [5, 5.41) is 12.6. The van der Waals surface area contributed by atoms with Crippen molar-refractivity contribution in [2.75, 3.05) is 0 Å². The van der Waals surface area contributed by atoms with E-state index in [4.69, 9.17) is 16.9 Å². The fourth-order valence-electron chi connectivity index (χ4n) is 1.78. The second-order valence-corrected chi connectivity index (χ2v) is 4.67. The molecule has 0 spiro atoms.